The molecular formula is C21H17Cl2N3O. The van der Waals surface area contributed by atoms with Gasteiger partial charge in [0.1, 0.15) is 0 Å². The molecule has 0 saturated carbocycles. The zero-order valence-electron chi connectivity index (χ0n) is 14.5. The molecule has 0 N–H and O–H groups in total. The van der Waals surface area contributed by atoms with Crippen molar-refractivity contribution in [3.05, 3.63) is 81.5 Å². The molecule has 136 valence electrons. The third-order valence-electron chi connectivity index (χ3n) is 4.77. The molecule has 6 heteroatoms. The Balaban J connectivity index is 1.42. The van der Waals surface area contributed by atoms with E-state index in [1.54, 1.807) is 18.3 Å². The highest BCUT2D eigenvalue weighted by Gasteiger charge is 2.23. The second-order valence-electron chi connectivity index (χ2n) is 6.58. The Morgan fingerprint density at radius 1 is 1.04 bits per heavy atom. The Morgan fingerprint density at radius 2 is 1.89 bits per heavy atom. The van der Waals surface area contributed by atoms with Crippen LogP contribution in [0.2, 0.25) is 10.0 Å². The van der Waals surface area contributed by atoms with Gasteiger partial charge in [-0.15, -0.1) is 0 Å². The van der Waals surface area contributed by atoms with Gasteiger partial charge in [-0.2, -0.15) is 10.2 Å². The van der Waals surface area contributed by atoms with E-state index < -0.39 is 0 Å². The summed E-state index contributed by atoms with van der Waals surface area (Å²) in [5.74, 6) is 0.123. The minimum Gasteiger partial charge on any atom is -0.334 e. The van der Waals surface area contributed by atoms with E-state index in [-0.39, 0.29) is 5.91 Å². The van der Waals surface area contributed by atoms with Crippen molar-refractivity contribution >= 4 is 29.1 Å². The normalized spacial score (nSPS) is 12.9. The average molecular weight is 398 g/mol. The second kappa shape index (κ2) is 7.67. The van der Waals surface area contributed by atoms with Crippen LogP contribution in [0.4, 0.5) is 0 Å². The molecule has 0 spiro atoms. The van der Waals surface area contributed by atoms with Crippen molar-refractivity contribution in [3.8, 4) is 11.3 Å². The Bertz CT molecular complexity index is 992. The summed E-state index contributed by atoms with van der Waals surface area (Å²) in [5, 5.41) is 9.29. The van der Waals surface area contributed by atoms with Crippen molar-refractivity contribution in [1.29, 1.82) is 0 Å². The summed E-state index contributed by atoms with van der Waals surface area (Å²) >= 11 is 12.1. The molecule has 3 aromatic rings. The summed E-state index contributed by atoms with van der Waals surface area (Å²) in [6, 6.07) is 15.4. The molecule has 2 aromatic carbocycles. The number of halogens is 2. The van der Waals surface area contributed by atoms with Gasteiger partial charge in [-0.3, -0.25) is 4.79 Å². The van der Waals surface area contributed by atoms with Gasteiger partial charge in [0.15, 0.2) is 0 Å². The highest BCUT2D eigenvalue weighted by Crippen LogP contribution is 2.28. The molecule has 0 unspecified atom stereocenters. The van der Waals surface area contributed by atoms with Crippen molar-refractivity contribution in [3.63, 3.8) is 0 Å². The number of aromatic nitrogens is 2. The molecule has 1 aliphatic rings. The summed E-state index contributed by atoms with van der Waals surface area (Å²) < 4.78 is 0. The largest absolute Gasteiger partial charge is 0.334 e. The highest BCUT2D eigenvalue weighted by atomic mass is 35.5. The van der Waals surface area contributed by atoms with Gasteiger partial charge in [-0.05, 0) is 53.4 Å². The molecule has 0 saturated heterocycles. The fraction of sp³-hybridized carbons (Fsp3) is 0.190. The number of carbonyl (C=O) groups excluding carboxylic acids is 1. The van der Waals surface area contributed by atoms with E-state index in [1.165, 1.54) is 5.56 Å². The Labute approximate surface area is 167 Å². The van der Waals surface area contributed by atoms with Gasteiger partial charge in [-0.25, -0.2) is 0 Å². The summed E-state index contributed by atoms with van der Waals surface area (Å²) in [4.78, 5) is 14.5. The van der Waals surface area contributed by atoms with Crippen LogP contribution >= 0.6 is 23.2 Å². The van der Waals surface area contributed by atoms with E-state index in [1.807, 2.05) is 29.2 Å². The lowest BCUT2D eigenvalue weighted by atomic mass is 10.0. The predicted octanol–water partition coefficient (Wildman–Crippen LogP) is 4.93. The maximum Gasteiger partial charge on any atom is 0.223 e. The molecule has 1 aliphatic heterocycles. The van der Waals surface area contributed by atoms with Crippen molar-refractivity contribution in [2.75, 3.05) is 0 Å². The van der Waals surface area contributed by atoms with Crippen LogP contribution in [0.25, 0.3) is 11.3 Å². The average Bonchev–Trinajstić information content (AvgIpc) is 3.11. The first-order chi connectivity index (χ1) is 13.1. The zero-order valence-corrected chi connectivity index (χ0v) is 16.0. The first-order valence-corrected chi connectivity index (χ1v) is 9.47. The highest BCUT2D eigenvalue weighted by molar-refractivity contribution is 6.35. The lowest BCUT2D eigenvalue weighted by Crippen LogP contribution is -2.25. The van der Waals surface area contributed by atoms with E-state index in [0.29, 0.717) is 36.0 Å². The topological polar surface area (TPSA) is 46.1 Å². The fourth-order valence-corrected chi connectivity index (χ4v) is 3.81. The van der Waals surface area contributed by atoms with Crippen LogP contribution in [-0.2, 0) is 24.3 Å². The van der Waals surface area contributed by atoms with Gasteiger partial charge in [0.25, 0.3) is 0 Å². The van der Waals surface area contributed by atoms with E-state index >= 15 is 0 Å². The third-order valence-corrected chi connectivity index (χ3v) is 5.36. The van der Waals surface area contributed by atoms with Gasteiger partial charge in [0, 0.05) is 41.3 Å². The maximum atomic E-state index is 12.7. The minimum absolute atomic E-state index is 0.123. The fourth-order valence-electron chi connectivity index (χ4n) is 3.31. The van der Waals surface area contributed by atoms with Crippen molar-refractivity contribution in [1.82, 2.24) is 15.1 Å². The van der Waals surface area contributed by atoms with Gasteiger partial charge < -0.3 is 4.90 Å². The summed E-state index contributed by atoms with van der Waals surface area (Å²) in [6.45, 7) is 1.26. The van der Waals surface area contributed by atoms with Crippen LogP contribution in [0.1, 0.15) is 23.1 Å². The summed E-state index contributed by atoms with van der Waals surface area (Å²) in [6.07, 6.45) is 2.68. The SMILES string of the molecule is O=C(CCc1ccc(Cl)cc1Cl)N1Cc2ccc(-c3cccnn3)cc2C1. The number of benzene rings is 2. The lowest BCUT2D eigenvalue weighted by Gasteiger charge is -2.15. The molecule has 27 heavy (non-hydrogen) atoms. The van der Waals surface area contributed by atoms with Crippen molar-refractivity contribution in [2.45, 2.75) is 25.9 Å². The van der Waals surface area contributed by atoms with Crippen LogP contribution in [0.15, 0.2) is 54.7 Å². The Kier molecular flexibility index (Phi) is 5.10. The number of rotatable bonds is 4. The van der Waals surface area contributed by atoms with E-state index in [0.717, 1.165) is 22.4 Å². The quantitative estimate of drug-likeness (QED) is 0.627. The molecule has 1 aromatic heterocycles. The molecule has 0 radical (unpaired) electrons. The van der Waals surface area contributed by atoms with Gasteiger partial charge in [0.05, 0.1) is 5.69 Å². The molecule has 2 heterocycles. The Morgan fingerprint density at radius 3 is 2.67 bits per heavy atom. The molecular weight excluding hydrogens is 381 g/mol. The smallest absolute Gasteiger partial charge is 0.223 e. The number of carbonyl (C=O) groups is 1. The predicted molar refractivity (Wildman–Crippen MR) is 107 cm³/mol. The molecule has 0 fully saturated rings. The third kappa shape index (κ3) is 3.97. The minimum atomic E-state index is 0.123. The van der Waals surface area contributed by atoms with Crippen LogP contribution < -0.4 is 0 Å². The number of aryl methyl sites for hydroxylation is 1. The molecule has 4 rings (SSSR count). The Hall–Kier alpha value is -2.43. The first kappa shape index (κ1) is 18.0. The molecule has 0 atom stereocenters. The molecule has 0 bridgehead atoms. The van der Waals surface area contributed by atoms with E-state index in [4.69, 9.17) is 23.2 Å². The monoisotopic (exact) mass is 397 g/mol. The number of amides is 1. The second-order valence-corrected chi connectivity index (χ2v) is 7.42. The van der Waals surface area contributed by atoms with E-state index in [2.05, 4.69) is 22.3 Å². The van der Waals surface area contributed by atoms with Crippen molar-refractivity contribution in [2.24, 2.45) is 0 Å². The number of hydrogen-bond donors (Lipinski definition) is 0. The van der Waals surface area contributed by atoms with Gasteiger partial charge >= 0.3 is 0 Å². The van der Waals surface area contributed by atoms with Crippen LogP contribution in [0.5, 0.6) is 0 Å². The number of hydrogen-bond acceptors (Lipinski definition) is 3. The van der Waals surface area contributed by atoms with Crippen LogP contribution in [0, 0.1) is 0 Å². The van der Waals surface area contributed by atoms with Crippen molar-refractivity contribution < 1.29 is 4.79 Å². The van der Waals surface area contributed by atoms with Crippen LogP contribution in [-0.4, -0.2) is 21.0 Å². The number of fused-ring (bicyclic) bond motifs is 1. The maximum absolute atomic E-state index is 12.7. The summed E-state index contributed by atoms with van der Waals surface area (Å²) in [5.41, 5.74) is 5.14. The van der Waals surface area contributed by atoms with Gasteiger partial charge in [0.2, 0.25) is 5.91 Å². The molecule has 0 aliphatic carbocycles. The zero-order chi connectivity index (χ0) is 18.8. The van der Waals surface area contributed by atoms with E-state index in [9.17, 15) is 4.79 Å². The van der Waals surface area contributed by atoms with Crippen LogP contribution in [0.3, 0.4) is 0 Å². The first-order valence-electron chi connectivity index (χ1n) is 8.72. The molecule has 4 nitrogen and oxygen atoms in total. The summed E-state index contributed by atoms with van der Waals surface area (Å²) in [7, 11) is 0. The van der Waals surface area contributed by atoms with Gasteiger partial charge in [-0.1, -0.05) is 41.4 Å². The molecule has 1 amide bonds. The lowest BCUT2D eigenvalue weighted by molar-refractivity contribution is -0.131. The standard InChI is InChI=1S/C21H17Cl2N3O/c22-18-7-5-14(19(23)11-18)6-8-21(27)26-12-16-4-3-15(10-17(16)13-26)20-2-1-9-24-25-20/h1-5,7,9-11H,6,8,12-13H2. The number of nitrogens with zero attached hydrogens (tertiary/aromatic N) is 3.